The smallest absolute Gasteiger partial charge is 0.336 e. The highest BCUT2D eigenvalue weighted by atomic mass is 35.5. The summed E-state index contributed by atoms with van der Waals surface area (Å²) < 4.78 is 32.6. The molecule has 4 heterocycles. The summed E-state index contributed by atoms with van der Waals surface area (Å²) in [5, 5.41) is 0.517. The van der Waals surface area contributed by atoms with E-state index in [1.165, 1.54) is 40.3 Å². The van der Waals surface area contributed by atoms with E-state index in [0.717, 1.165) is 25.9 Å². The highest BCUT2D eigenvalue weighted by Gasteiger charge is 2.34. The maximum Gasteiger partial charge on any atom is 0.336 e. The van der Waals surface area contributed by atoms with Gasteiger partial charge in [-0.2, -0.15) is 4.31 Å². The van der Waals surface area contributed by atoms with Crippen LogP contribution in [0.15, 0.2) is 69.0 Å². The number of aromatic nitrogens is 1. The summed E-state index contributed by atoms with van der Waals surface area (Å²) in [6.07, 6.45) is 5.56. The standard InChI is InChI=1S/C24H26N4O5S.ClH/c29-23-17-28(34(31,32)21-2-3-22-19(15-21)1-4-24(30)33-22)14-13-27(23)16-18-7-11-26(12-8-18)20-5-9-25-10-6-20;/h1-6,9-10,15,18H,7-8,11-14,16-17H2;1H. The largest absolute Gasteiger partial charge is 0.423 e. The lowest BCUT2D eigenvalue weighted by molar-refractivity contribution is -0.134. The van der Waals surface area contributed by atoms with E-state index in [1.54, 1.807) is 17.3 Å². The summed E-state index contributed by atoms with van der Waals surface area (Å²) in [6.45, 7) is 2.99. The minimum atomic E-state index is -3.84. The lowest BCUT2D eigenvalue weighted by atomic mass is 9.95. The number of piperazine rings is 1. The van der Waals surface area contributed by atoms with Gasteiger partial charge in [-0.3, -0.25) is 9.78 Å². The molecule has 11 heteroatoms. The fraction of sp³-hybridized carbons (Fsp3) is 0.375. The monoisotopic (exact) mass is 518 g/mol. The highest BCUT2D eigenvalue weighted by molar-refractivity contribution is 7.89. The van der Waals surface area contributed by atoms with Crippen molar-refractivity contribution >= 4 is 45.0 Å². The van der Waals surface area contributed by atoms with Gasteiger partial charge in [-0.1, -0.05) is 0 Å². The molecule has 0 radical (unpaired) electrons. The van der Waals surface area contributed by atoms with E-state index in [4.69, 9.17) is 4.42 Å². The van der Waals surface area contributed by atoms with Crippen molar-refractivity contribution in [2.45, 2.75) is 17.7 Å². The minimum Gasteiger partial charge on any atom is -0.423 e. The number of fused-ring (bicyclic) bond motifs is 1. The molecule has 0 unspecified atom stereocenters. The number of hydrogen-bond donors (Lipinski definition) is 0. The maximum atomic E-state index is 13.2. The summed E-state index contributed by atoms with van der Waals surface area (Å²) >= 11 is 0. The first-order valence-electron chi connectivity index (χ1n) is 11.4. The van der Waals surface area contributed by atoms with E-state index in [-0.39, 0.29) is 36.3 Å². The molecule has 2 fully saturated rings. The topological polar surface area (TPSA) is 104 Å². The first-order valence-corrected chi connectivity index (χ1v) is 12.8. The molecule has 3 aromatic rings. The molecule has 0 bridgehead atoms. The quantitative estimate of drug-likeness (QED) is 0.477. The zero-order valence-corrected chi connectivity index (χ0v) is 20.7. The number of nitrogens with zero attached hydrogens (tertiary/aromatic N) is 4. The first kappa shape index (κ1) is 25.2. The molecule has 0 saturated carbocycles. The Morgan fingerprint density at radius 3 is 2.40 bits per heavy atom. The molecule has 35 heavy (non-hydrogen) atoms. The predicted octanol–water partition coefficient (Wildman–Crippen LogP) is 2.36. The van der Waals surface area contributed by atoms with Crippen LogP contribution in [0.25, 0.3) is 11.0 Å². The number of amides is 1. The molecular formula is C24H27ClN4O5S. The van der Waals surface area contributed by atoms with Gasteiger partial charge in [0.05, 0.1) is 11.4 Å². The normalized spacial score (nSPS) is 18.0. The molecule has 2 aliphatic rings. The molecule has 2 aliphatic heterocycles. The Labute approximate surface area is 209 Å². The minimum absolute atomic E-state index is 0. The van der Waals surface area contributed by atoms with Crippen LogP contribution in [0.1, 0.15) is 12.8 Å². The molecule has 0 aliphatic carbocycles. The second-order valence-electron chi connectivity index (χ2n) is 8.77. The van der Waals surface area contributed by atoms with E-state index >= 15 is 0 Å². The summed E-state index contributed by atoms with van der Waals surface area (Å²) in [4.78, 5) is 32.5. The number of halogens is 1. The van der Waals surface area contributed by atoms with Gasteiger partial charge in [-0.25, -0.2) is 13.2 Å². The van der Waals surface area contributed by atoms with Gasteiger partial charge in [-0.05, 0) is 55.2 Å². The third-order valence-electron chi connectivity index (χ3n) is 6.63. The molecule has 1 amide bonds. The zero-order chi connectivity index (χ0) is 23.7. The zero-order valence-electron chi connectivity index (χ0n) is 19.1. The van der Waals surface area contributed by atoms with Crippen LogP contribution in [-0.4, -0.2) is 67.8 Å². The summed E-state index contributed by atoms with van der Waals surface area (Å²) in [6, 6.07) is 11.2. The van der Waals surface area contributed by atoms with Crippen LogP contribution in [0.4, 0.5) is 5.69 Å². The number of pyridine rings is 1. The molecule has 0 N–H and O–H groups in total. The van der Waals surface area contributed by atoms with Gasteiger partial charge in [0.15, 0.2) is 0 Å². The number of hydrogen-bond acceptors (Lipinski definition) is 7. The van der Waals surface area contributed by atoms with Gasteiger partial charge in [0, 0.05) is 62.3 Å². The molecule has 9 nitrogen and oxygen atoms in total. The third kappa shape index (κ3) is 5.34. The van der Waals surface area contributed by atoms with Crippen molar-refractivity contribution in [3.05, 3.63) is 65.3 Å². The number of piperidine rings is 1. The Morgan fingerprint density at radius 1 is 0.943 bits per heavy atom. The van der Waals surface area contributed by atoms with Crippen LogP contribution < -0.4 is 10.5 Å². The summed E-state index contributed by atoms with van der Waals surface area (Å²) in [5.74, 6) is 0.235. The molecule has 0 atom stereocenters. The van der Waals surface area contributed by atoms with Gasteiger partial charge in [0.1, 0.15) is 5.58 Å². The van der Waals surface area contributed by atoms with E-state index in [2.05, 4.69) is 9.88 Å². The van der Waals surface area contributed by atoms with Gasteiger partial charge < -0.3 is 14.2 Å². The molecule has 1 aromatic carbocycles. The third-order valence-corrected chi connectivity index (χ3v) is 8.47. The van der Waals surface area contributed by atoms with Gasteiger partial charge >= 0.3 is 5.63 Å². The average Bonchev–Trinajstić information content (AvgIpc) is 2.86. The second kappa shape index (κ2) is 10.3. The van der Waals surface area contributed by atoms with Crippen molar-refractivity contribution in [2.24, 2.45) is 5.92 Å². The van der Waals surface area contributed by atoms with Crippen LogP contribution >= 0.6 is 12.4 Å². The van der Waals surface area contributed by atoms with Crippen LogP contribution in [0.5, 0.6) is 0 Å². The number of benzene rings is 1. The molecule has 186 valence electrons. The van der Waals surface area contributed by atoms with Crippen LogP contribution in [-0.2, 0) is 14.8 Å². The van der Waals surface area contributed by atoms with Crippen molar-refractivity contribution in [1.82, 2.24) is 14.2 Å². The highest BCUT2D eigenvalue weighted by Crippen LogP contribution is 2.26. The van der Waals surface area contributed by atoms with Gasteiger partial charge in [-0.15, -0.1) is 12.4 Å². The Morgan fingerprint density at radius 2 is 1.69 bits per heavy atom. The fourth-order valence-corrected chi connectivity index (χ4v) is 6.10. The SMILES string of the molecule is Cl.O=C1CN(S(=O)(=O)c2ccc3oc(=O)ccc3c2)CCN1CC1CCN(c2ccncc2)CC1. The van der Waals surface area contributed by atoms with Crippen molar-refractivity contribution in [3.63, 3.8) is 0 Å². The summed E-state index contributed by atoms with van der Waals surface area (Å²) in [5.41, 5.74) is 0.995. The number of carbonyl (C=O) groups is 1. The number of sulfonamides is 1. The van der Waals surface area contributed by atoms with Crippen molar-refractivity contribution in [3.8, 4) is 0 Å². The van der Waals surface area contributed by atoms with Crippen molar-refractivity contribution in [1.29, 1.82) is 0 Å². The molecule has 2 saturated heterocycles. The predicted molar refractivity (Wildman–Crippen MR) is 134 cm³/mol. The average molecular weight is 519 g/mol. The molecular weight excluding hydrogens is 492 g/mol. The first-order chi connectivity index (χ1) is 16.4. The van der Waals surface area contributed by atoms with Crippen molar-refractivity contribution < 1.29 is 17.6 Å². The molecule has 2 aromatic heterocycles. The lowest BCUT2D eigenvalue weighted by Gasteiger charge is -2.38. The Bertz CT molecular complexity index is 1360. The van der Waals surface area contributed by atoms with E-state index in [0.29, 0.717) is 30.0 Å². The van der Waals surface area contributed by atoms with Crippen LogP contribution in [0.3, 0.4) is 0 Å². The van der Waals surface area contributed by atoms with Gasteiger partial charge in [0.25, 0.3) is 0 Å². The Balaban J connectivity index is 0.00000289. The lowest BCUT2D eigenvalue weighted by Crippen LogP contribution is -2.53. The van der Waals surface area contributed by atoms with Crippen molar-refractivity contribution in [2.75, 3.05) is 44.2 Å². The van der Waals surface area contributed by atoms with Crippen LogP contribution in [0, 0.1) is 5.92 Å². The Hall–Kier alpha value is -2.95. The fourth-order valence-electron chi connectivity index (χ4n) is 4.68. The van der Waals surface area contributed by atoms with Gasteiger partial charge in [0.2, 0.25) is 15.9 Å². The number of rotatable bonds is 5. The van der Waals surface area contributed by atoms with E-state index in [9.17, 15) is 18.0 Å². The van der Waals surface area contributed by atoms with E-state index in [1.807, 2.05) is 12.1 Å². The second-order valence-corrected chi connectivity index (χ2v) is 10.7. The molecule has 0 spiro atoms. The van der Waals surface area contributed by atoms with E-state index < -0.39 is 15.6 Å². The van der Waals surface area contributed by atoms with Crippen LogP contribution in [0.2, 0.25) is 0 Å². The maximum absolute atomic E-state index is 13.2. The molecule has 5 rings (SSSR count). The number of anilines is 1. The summed E-state index contributed by atoms with van der Waals surface area (Å²) in [7, 11) is -3.84. The number of carbonyl (C=O) groups excluding carboxylic acids is 1. The Kier molecular flexibility index (Phi) is 7.44.